The van der Waals surface area contributed by atoms with E-state index in [1.807, 2.05) is 0 Å². The van der Waals surface area contributed by atoms with E-state index in [0.29, 0.717) is 0 Å². The fraction of sp³-hybridized carbons (Fsp3) is 0.591. The van der Waals surface area contributed by atoms with E-state index >= 15 is 0 Å². The summed E-state index contributed by atoms with van der Waals surface area (Å²) in [5.74, 6) is -2.10. The molecule has 1 saturated heterocycles. The molecular formula is C22H30F2N4O4. The highest BCUT2D eigenvalue weighted by atomic mass is 19.1. The number of nitrogens with two attached hydrogens (primary N) is 1. The Kier molecular flexibility index (Phi) is 5.97. The molecule has 1 aromatic carbocycles. The molecule has 0 aliphatic carbocycles. The monoisotopic (exact) mass is 452 g/mol. The van der Waals surface area contributed by atoms with Crippen LogP contribution in [0.1, 0.15) is 60.2 Å². The predicted octanol–water partition coefficient (Wildman–Crippen LogP) is 3.74. The first-order valence-electron chi connectivity index (χ1n) is 10.5. The van der Waals surface area contributed by atoms with E-state index in [4.69, 9.17) is 15.2 Å². The Labute approximate surface area is 185 Å². The van der Waals surface area contributed by atoms with Crippen molar-refractivity contribution in [1.29, 1.82) is 0 Å². The van der Waals surface area contributed by atoms with Crippen molar-refractivity contribution in [3.05, 3.63) is 29.6 Å². The van der Waals surface area contributed by atoms with Crippen LogP contribution in [0.15, 0.2) is 12.1 Å². The molecule has 3 rings (SSSR count). The third-order valence-electron chi connectivity index (χ3n) is 5.12. The lowest BCUT2D eigenvalue weighted by atomic mass is 9.76. The number of nitrogens with zero attached hydrogens (tertiary/aromatic N) is 2. The molecule has 0 bridgehead atoms. The Hall–Kier alpha value is -2.75. The number of aromatic nitrogens is 2. The Morgan fingerprint density at radius 3 is 2.34 bits per heavy atom. The molecule has 2 atom stereocenters. The number of ether oxygens (including phenoxy) is 2. The number of fused-ring (bicyclic) bond motifs is 1. The number of likely N-dealkylation sites (tertiary alicyclic amines) is 1. The first-order valence-corrected chi connectivity index (χ1v) is 10.5. The van der Waals surface area contributed by atoms with Crippen molar-refractivity contribution in [2.24, 2.45) is 5.73 Å². The number of benzene rings is 1. The summed E-state index contributed by atoms with van der Waals surface area (Å²) >= 11 is 0. The zero-order valence-corrected chi connectivity index (χ0v) is 19.2. The number of esters is 1. The number of aromatic amines is 1. The second-order valence-electron chi connectivity index (χ2n) is 10.1. The van der Waals surface area contributed by atoms with Gasteiger partial charge in [0.15, 0.2) is 5.82 Å². The molecule has 1 aromatic heterocycles. The van der Waals surface area contributed by atoms with Gasteiger partial charge in [0.2, 0.25) is 0 Å². The molecule has 2 aromatic rings. The lowest BCUT2D eigenvalue weighted by Gasteiger charge is -2.43. The largest absolute Gasteiger partial charge is 0.459 e. The number of piperidine rings is 1. The van der Waals surface area contributed by atoms with Gasteiger partial charge in [-0.3, -0.25) is 9.69 Å². The van der Waals surface area contributed by atoms with Crippen LogP contribution in [-0.4, -0.2) is 50.8 Å². The second kappa shape index (κ2) is 7.99. The molecule has 10 heteroatoms. The SMILES string of the molecule is CC(C)(C)OC(=O)N1CCC(C(=O)OC(C)(C)C)(c2nc3cc(F)cc(F)c3[nH]2)CC1N. The van der Waals surface area contributed by atoms with Crippen LogP contribution in [0, 0.1) is 11.6 Å². The average molecular weight is 453 g/mol. The van der Waals surface area contributed by atoms with Crippen LogP contribution in [0.2, 0.25) is 0 Å². The topological polar surface area (TPSA) is 111 Å². The van der Waals surface area contributed by atoms with E-state index in [9.17, 15) is 18.4 Å². The van der Waals surface area contributed by atoms with Crippen molar-refractivity contribution >= 4 is 23.1 Å². The number of carbonyl (C=O) groups excluding carboxylic acids is 2. The number of hydrogen-bond acceptors (Lipinski definition) is 6. The van der Waals surface area contributed by atoms with Gasteiger partial charge in [0.25, 0.3) is 0 Å². The standard InChI is InChI=1S/C22H30F2N4O4/c1-20(2,3)31-18(29)22(17-26-14-10-12(23)9-13(24)16(14)27-17)7-8-28(15(25)11-22)19(30)32-21(4,5)6/h9-10,15H,7-8,11,25H2,1-6H3,(H,26,27). The van der Waals surface area contributed by atoms with Crippen molar-refractivity contribution in [2.75, 3.05) is 6.54 Å². The van der Waals surface area contributed by atoms with Gasteiger partial charge in [-0.05, 0) is 48.0 Å². The minimum atomic E-state index is -1.38. The minimum Gasteiger partial charge on any atom is -0.459 e. The number of nitrogens with one attached hydrogen (secondary N) is 1. The Bertz CT molecular complexity index is 1040. The highest BCUT2D eigenvalue weighted by Crippen LogP contribution is 2.39. The van der Waals surface area contributed by atoms with Gasteiger partial charge in [-0.2, -0.15) is 0 Å². The van der Waals surface area contributed by atoms with Crippen molar-refractivity contribution in [3.63, 3.8) is 0 Å². The van der Waals surface area contributed by atoms with Crippen LogP contribution >= 0.6 is 0 Å². The highest BCUT2D eigenvalue weighted by Gasteiger charge is 2.51. The zero-order chi connectivity index (χ0) is 24.1. The third-order valence-corrected chi connectivity index (χ3v) is 5.12. The summed E-state index contributed by atoms with van der Waals surface area (Å²) in [6.07, 6.45) is -1.41. The zero-order valence-electron chi connectivity index (χ0n) is 19.2. The molecule has 0 saturated carbocycles. The van der Waals surface area contributed by atoms with Crippen molar-refractivity contribution in [2.45, 2.75) is 77.2 Å². The summed E-state index contributed by atoms with van der Waals surface area (Å²) in [6, 6.07) is 1.82. The van der Waals surface area contributed by atoms with E-state index in [0.717, 1.165) is 12.1 Å². The second-order valence-corrected chi connectivity index (χ2v) is 10.1. The molecule has 32 heavy (non-hydrogen) atoms. The molecule has 2 unspecified atom stereocenters. The Morgan fingerprint density at radius 1 is 1.16 bits per heavy atom. The number of rotatable bonds is 2. The van der Waals surface area contributed by atoms with E-state index < -0.39 is 46.5 Å². The van der Waals surface area contributed by atoms with Gasteiger partial charge in [0.1, 0.15) is 33.8 Å². The highest BCUT2D eigenvalue weighted by molar-refractivity contribution is 5.85. The number of H-pyrrole nitrogens is 1. The number of amides is 1. The average Bonchev–Trinajstić information content (AvgIpc) is 3.03. The fourth-order valence-electron chi connectivity index (χ4n) is 3.73. The summed E-state index contributed by atoms with van der Waals surface area (Å²) in [7, 11) is 0. The normalized spacial score (nSPS) is 22.2. The molecule has 1 amide bonds. The van der Waals surface area contributed by atoms with E-state index in [1.165, 1.54) is 4.90 Å². The minimum absolute atomic E-state index is 0.0209. The summed E-state index contributed by atoms with van der Waals surface area (Å²) in [5.41, 5.74) is 3.43. The third kappa shape index (κ3) is 4.85. The van der Waals surface area contributed by atoms with Gasteiger partial charge in [0, 0.05) is 25.1 Å². The van der Waals surface area contributed by atoms with Gasteiger partial charge in [-0.25, -0.2) is 18.6 Å². The Balaban J connectivity index is 2.02. The summed E-state index contributed by atoms with van der Waals surface area (Å²) in [5, 5.41) is 0. The molecule has 1 fully saturated rings. The maximum Gasteiger partial charge on any atom is 0.411 e. The summed E-state index contributed by atoms with van der Waals surface area (Å²) < 4.78 is 39.1. The van der Waals surface area contributed by atoms with E-state index in [-0.39, 0.29) is 36.2 Å². The lowest BCUT2D eigenvalue weighted by Crippen LogP contribution is -2.59. The van der Waals surface area contributed by atoms with Crippen LogP contribution < -0.4 is 5.73 Å². The smallest absolute Gasteiger partial charge is 0.411 e. The number of hydrogen-bond donors (Lipinski definition) is 2. The van der Waals surface area contributed by atoms with Gasteiger partial charge >= 0.3 is 12.1 Å². The molecule has 0 radical (unpaired) electrons. The molecule has 8 nitrogen and oxygen atoms in total. The molecule has 1 aliphatic rings. The fourth-order valence-corrected chi connectivity index (χ4v) is 3.73. The first kappa shape index (κ1) is 23.9. The quantitative estimate of drug-likeness (QED) is 0.672. The van der Waals surface area contributed by atoms with E-state index in [2.05, 4.69) is 9.97 Å². The summed E-state index contributed by atoms with van der Waals surface area (Å²) in [4.78, 5) is 34.5. The molecular weight excluding hydrogens is 422 g/mol. The van der Waals surface area contributed by atoms with Crippen molar-refractivity contribution in [3.8, 4) is 0 Å². The lowest BCUT2D eigenvalue weighted by molar-refractivity contribution is -0.165. The van der Waals surface area contributed by atoms with Crippen LogP contribution in [0.4, 0.5) is 13.6 Å². The van der Waals surface area contributed by atoms with Crippen LogP contribution in [-0.2, 0) is 19.7 Å². The summed E-state index contributed by atoms with van der Waals surface area (Å²) in [6.45, 7) is 10.5. The number of imidazole rings is 1. The predicted molar refractivity (Wildman–Crippen MR) is 114 cm³/mol. The molecule has 1 aliphatic heterocycles. The van der Waals surface area contributed by atoms with Gasteiger partial charge in [-0.1, -0.05) is 0 Å². The maximum atomic E-state index is 14.3. The molecule has 176 valence electrons. The van der Waals surface area contributed by atoms with Gasteiger partial charge in [-0.15, -0.1) is 0 Å². The van der Waals surface area contributed by atoms with Crippen LogP contribution in [0.5, 0.6) is 0 Å². The van der Waals surface area contributed by atoms with Crippen LogP contribution in [0.3, 0.4) is 0 Å². The Morgan fingerprint density at radius 2 is 1.78 bits per heavy atom. The molecule has 3 N–H and O–H groups in total. The van der Waals surface area contributed by atoms with Gasteiger partial charge in [0.05, 0.1) is 11.7 Å². The van der Waals surface area contributed by atoms with Crippen molar-refractivity contribution < 1.29 is 27.8 Å². The number of halogens is 2. The van der Waals surface area contributed by atoms with Crippen molar-refractivity contribution in [1.82, 2.24) is 14.9 Å². The number of carbonyl (C=O) groups is 2. The first-order chi connectivity index (χ1) is 14.6. The maximum absolute atomic E-state index is 14.3. The van der Waals surface area contributed by atoms with Crippen LogP contribution in [0.25, 0.3) is 11.0 Å². The molecule has 2 heterocycles. The van der Waals surface area contributed by atoms with E-state index in [1.54, 1.807) is 41.5 Å². The molecule has 0 spiro atoms. The van der Waals surface area contributed by atoms with Gasteiger partial charge < -0.3 is 20.2 Å².